The van der Waals surface area contributed by atoms with Crippen molar-refractivity contribution in [3.8, 4) is 44.9 Å². The van der Waals surface area contributed by atoms with Crippen LogP contribution in [-0.4, -0.2) is 0 Å². The molecule has 0 spiro atoms. The predicted molar refractivity (Wildman–Crippen MR) is 190 cm³/mol. The van der Waals surface area contributed by atoms with Crippen molar-refractivity contribution in [3.63, 3.8) is 0 Å². The highest BCUT2D eigenvalue weighted by molar-refractivity contribution is 6.10. The van der Waals surface area contributed by atoms with Gasteiger partial charge in [-0.2, -0.15) is 0 Å². The Morgan fingerprint density at radius 3 is 2.02 bits per heavy atom. The number of para-hydroxylation sites is 1. The molecule has 0 saturated heterocycles. The monoisotopic (exact) mass is 584 g/mol. The minimum Gasteiger partial charge on any atom is -0.456 e. The van der Waals surface area contributed by atoms with E-state index in [-0.39, 0.29) is 0 Å². The molecule has 10 rings (SSSR count). The molecule has 8 aromatic carbocycles. The van der Waals surface area contributed by atoms with Gasteiger partial charge in [-0.25, -0.2) is 0 Å². The fourth-order valence-electron chi connectivity index (χ4n) is 8.29. The number of rotatable bonds is 3. The topological polar surface area (TPSA) is 9.23 Å². The molecular formula is C45H28O. The molecule has 0 aromatic heterocycles. The van der Waals surface area contributed by atoms with Gasteiger partial charge in [-0.05, 0) is 78.9 Å². The van der Waals surface area contributed by atoms with Gasteiger partial charge in [0.15, 0.2) is 0 Å². The van der Waals surface area contributed by atoms with Gasteiger partial charge in [0.2, 0.25) is 0 Å². The first kappa shape index (κ1) is 25.4. The summed E-state index contributed by atoms with van der Waals surface area (Å²) in [5.41, 5.74) is 12.1. The van der Waals surface area contributed by atoms with Gasteiger partial charge >= 0.3 is 0 Å². The third-order valence-corrected chi connectivity index (χ3v) is 10.1. The molecule has 46 heavy (non-hydrogen) atoms. The van der Waals surface area contributed by atoms with Gasteiger partial charge in [0.05, 0.1) is 5.41 Å². The Labute approximate surface area is 268 Å². The highest BCUT2D eigenvalue weighted by Gasteiger charge is 2.47. The lowest BCUT2D eigenvalue weighted by Crippen LogP contribution is -2.29. The molecular weight excluding hydrogens is 556 g/mol. The molecule has 214 valence electrons. The molecule has 1 heterocycles. The van der Waals surface area contributed by atoms with E-state index < -0.39 is 5.41 Å². The van der Waals surface area contributed by atoms with E-state index in [1.807, 2.05) is 0 Å². The van der Waals surface area contributed by atoms with Crippen molar-refractivity contribution in [2.24, 2.45) is 0 Å². The van der Waals surface area contributed by atoms with Crippen LogP contribution in [0.3, 0.4) is 0 Å². The molecule has 1 heteroatoms. The van der Waals surface area contributed by atoms with Crippen molar-refractivity contribution in [2.75, 3.05) is 0 Å². The minimum atomic E-state index is -0.496. The van der Waals surface area contributed by atoms with E-state index >= 15 is 0 Å². The summed E-state index contributed by atoms with van der Waals surface area (Å²) in [7, 11) is 0. The second-order valence-corrected chi connectivity index (χ2v) is 12.4. The molecule has 0 bridgehead atoms. The van der Waals surface area contributed by atoms with Gasteiger partial charge < -0.3 is 4.74 Å². The van der Waals surface area contributed by atoms with E-state index in [0.29, 0.717) is 0 Å². The number of benzene rings is 8. The third-order valence-electron chi connectivity index (χ3n) is 10.1. The summed E-state index contributed by atoms with van der Waals surface area (Å²) < 4.78 is 6.44. The number of hydrogen-bond donors (Lipinski definition) is 0. The molecule has 0 amide bonds. The molecule has 2 aliphatic rings. The van der Waals surface area contributed by atoms with Crippen LogP contribution in [0.4, 0.5) is 0 Å². The third kappa shape index (κ3) is 3.35. The highest BCUT2D eigenvalue weighted by Crippen LogP contribution is 2.58. The summed E-state index contributed by atoms with van der Waals surface area (Å²) in [6.45, 7) is 0. The van der Waals surface area contributed by atoms with Crippen molar-refractivity contribution in [1.29, 1.82) is 0 Å². The van der Waals surface area contributed by atoms with Crippen molar-refractivity contribution in [2.45, 2.75) is 5.41 Å². The van der Waals surface area contributed by atoms with Crippen molar-refractivity contribution in [3.05, 3.63) is 192 Å². The quantitative estimate of drug-likeness (QED) is 0.201. The highest BCUT2D eigenvalue weighted by atomic mass is 16.5. The Morgan fingerprint density at radius 1 is 0.413 bits per heavy atom. The summed E-state index contributed by atoms with van der Waals surface area (Å²) in [4.78, 5) is 0. The van der Waals surface area contributed by atoms with Crippen LogP contribution in [0, 0.1) is 0 Å². The summed E-state index contributed by atoms with van der Waals surface area (Å²) in [6, 6.07) is 62.2. The lowest BCUT2D eigenvalue weighted by Gasteiger charge is -2.35. The molecule has 1 unspecified atom stereocenters. The van der Waals surface area contributed by atoms with Crippen molar-refractivity contribution >= 4 is 21.5 Å². The van der Waals surface area contributed by atoms with Gasteiger partial charge in [-0.1, -0.05) is 152 Å². The van der Waals surface area contributed by atoms with Crippen molar-refractivity contribution in [1.82, 2.24) is 0 Å². The first-order valence-corrected chi connectivity index (χ1v) is 15.9. The minimum absolute atomic E-state index is 0.496. The van der Waals surface area contributed by atoms with Crippen LogP contribution in [0.1, 0.15) is 22.3 Å². The van der Waals surface area contributed by atoms with Crippen LogP contribution < -0.4 is 4.74 Å². The molecule has 0 N–H and O–H groups in total. The molecule has 1 atom stereocenters. The molecule has 1 aliphatic carbocycles. The Hall–Kier alpha value is -5.92. The maximum Gasteiger partial charge on any atom is 0.135 e. The number of ether oxygens (including phenoxy) is 1. The lowest BCUT2D eigenvalue weighted by atomic mass is 9.66. The summed E-state index contributed by atoms with van der Waals surface area (Å²) >= 11 is 0. The summed E-state index contributed by atoms with van der Waals surface area (Å²) in [6.07, 6.45) is 0. The van der Waals surface area contributed by atoms with Crippen LogP contribution in [0.15, 0.2) is 170 Å². The Morgan fingerprint density at radius 2 is 1.09 bits per heavy atom. The zero-order chi connectivity index (χ0) is 30.2. The van der Waals surface area contributed by atoms with Crippen LogP contribution in [0.2, 0.25) is 0 Å². The maximum atomic E-state index is 6.44. The Balaban J connectivity index is 1.32. The zero-order valence-corrected chi connectivity index (χ0v) is 25.1. The van der Waals surface area contributed by atoms with Crippen LogP contribution in [0.25, 0.3) is 54.9 Å². The first-order valence-electron chi connectivity index (χ1n) is 15.9. The smallest absolute Gasteiger partial charge is 0.135 e. The Kier molecular flexibility index (Phi) is 5.27. The summed E-state index contributed by atoms with van der Waals surface area (Å²) in [5, 5.41) is 4.91. The van der Waals surface area contributed by atoms with E-state index in [9.17, 15) is 0 Å². The molecule has 0 fully saturated rings. The van der Waals surface area contributed by atoms with Crippen LogP contribution >= 0.6 is 0 Å². The van der Waals surface area contributed by atoms with E-state index in [0.717, 1.165) is 17.1 Å². The van der Waals surface area contributed by atoms with Gasteiger partial charge in [0.25, 0.3) is 0 Å². The second kappa shape index (κ2) is 9.54. The average molecular weight is 585 g/mol. The normalized spacial score (nSPS) is 15.7. The maximum absolute atomic E-state index is 6.44. The fraction of sp³-hybridized carbons (Fsp3) is 0.0222. The van der Waals surface area contributed by atoms with Gasteiger partial charge in [0.1, 0.15) is 11.5 Å². The number of hydrogen-bond acceptors (Lipinski definition) is 1. The molecule has 0 radical (unpaired) electrons. The molecule has 8 aromatic rings. The van der Waals surface area contributed by atoms with E-state index in [1.54, 1.807) is 0 Å². The fourth-order valence-corrected chi connectivity index (χ4v) is 8.29. The van der Waals surface area contributed by atoms with Gasteiger partial charge in [-0.3, -0.25) is 0 Å². The standard InChI is InChI=1S/C45H28O/c1-2-15-32(16-3-1)45(39-21-8-6-19-36(39)37-27-24-29-12-4-5-18-35(29)44(37)45)33-17-10-14-31(28-33)34-26-25-30-13-11-23-41-42(30)43(34)38-20-7-9-22-40(38)46-41/h1-28H. The molecule has 1 aliphatic heterocycles. The van der Waals surface area contributed by atoms with E-state index in [4.69, 9.17) is 4.74 Å². The molecule has 0 saturated carbocycles. The Bertz CT molecular complexity index is 2510. The van der Waals surface area contributed by atoms with E-state index in [1.165, 1.54) is 71.6 Å². The largest absolute Gasteiger partial charge is 0.456 e. The van der Waals surface area contributed by atoms with Crippen LogP contribution in [0.5, 0.6) is 11.5 Å². The number of fused-ring (bicyclic) bond motifs is 7. The summed E-state index contributed by atoms with van der Waals surface area (Å²) in [5.74, 6) is 1.81. The van der Waals surface area contributed by atoms with E-state index in [2.05, 4.69) is 170 Å². The van der Waals surface area contributed by atoms with Gasteiger partial charge in [0, 0.05) is 16.5 Å². The van der Waals surface area contributed by atoms with Crippen LogP contribution in [-0.2, 0) is 5.41 Å². The zero-order valence-electron chi connectivity index (χ0n) is 25.1. The van der Waals surface area contributed by atoms with Gasteiger partial charge in [-0.15, -0.1) is 0 Å². The van der Waals surface area contributed by atoms with Crippen molar-refractivity contribution < 1.29 is 4.74 Å². The molecule has 1 nitrogen and oxygen atoms in total. The second-order valence-electron chi connectivity index (χ2n) is 12.4. The SMILES string of the molecule is c1ccc(C2(c3cccc(-c4ccc5cccc6c5c4-c4ccccc4O6)c3)c3ccccc3-c3ccc4ccccc4c32)cc1. The lowest BCUT2D eigenvalue weighted by molar-refractivity contribution is 0.487. The average Bonchev–Trinajstić information content (AvgIpc) is 3.44. The predicted octanol–water partition coefficient (Wildman–Crippen LogP) is 11.8. The first-order chi connectivity index (χ1) is 22.8.